The van der Waals surface area contributed by atoms with Crippen LogP contribution in [-0.2, 0) is 14.0 Å². The van der Waals surface area contributed by atoms with Gasteiger partial charge in [0.15, 0.2) is 0 Å². The van der Waals surface area contributed by atoms with Crippen LogP contribution in [0.25, 0.3) is 0 Å². The first-order valence-electron chi connectivity index (χ1n) is 4.41. The predicted molar refractivity (Wildman–Crippen MR) is 54.9 cm³/mol. The van der Waals surface area contributed by atoms with Crippen molar-refractivity contribution in [3.63, 3.8) is 0 Å². The van der Waals surface area contributed by atoms with Gasteiger partial charge in [0.1, 0.15) is 5.73 Å². The molecule has 0 saturated carbocycles. The van der Waals surface area contributed by atoms with Crippen LogP contribution in [0.5, 0.6) is 0 Å². The summed E-state index contributed by atoms with van der Waals surface area (Å²) in [6, 6.07) is 0. The second-order valence-electron chi connectivity index (χ2n) is 3.32. The SMILES string of the molecule is C=CC(=O)OC(C)[Si](C)(C)OCC. The number of hydrogen-bond acceptors (Lipinski definition) is 3. The van der Waals surface area contributed by atoms with Crippen LogP contribution >= 0.6 is 0 Å². The molecule has 0 bridgehead atoms. The molecule has 4 heteroatoms. The summed E-state index contributed by atoms with van der Waals surface area (Å²) in [6.45, 7) is 11.9. The van der Waals surface area contributed by atoms with E-state index in [1.165, 1.54) is 6.08 Å². The van der Waals surface area contributed by atoms with Gasteiger partial charge in [0.05, 0.1) is 0 Å². The maximum absolute atomic E-state index is 10.9. The Hall–Kier alpha value is -0.613. The van der Waals surface area contributed by atoms with Gasteiger partial charge in [-0.1, -0.05) is 6.58 Å². The fourth-order valence-electron chi connectivity index (χ4n) is 0.854. The van der Waals surface area contributed by atoms with Gasteiger partial charge in [0, 0.05) is 12.7 Å². The highest BCUT2D eigenvalue weighted by Crippen LogP contribution is 2.13. The van der Waals surface area contributed by atoms with E-state index in [4.69, 9.17) is 9.16 Å². The molecule has 76 valence electrons. The first kappa shape index (κ1) is 12.4. The lowest BCUT2D eigenvalue weighted by Crippen LogP contribution is -2.45. The van der Waals surface area contributed by atoms with Gasteiger partial charge in [0.25, 0.3) is 0 Å². The molecule has 0 heterocycles. The van der Waals surface area contributed by atoms with Gasteiger partial charge in [-0.2, -0.15) is 0 Å². The van der Waals surface area contributed by atoms with E-state index in [0.29, 0.717) is 6.61 Å². The first-order valence-corrected chi connectivity index (χ1v) is 7.39. The van der Waals surface area contributed by atoms with E-state index < -0.39 is 8.32 Å². The van der Waals surface area contributed by atoms with Crippen molar-refractivity contribution >= 4 is 14.3 Å². The zero-order valence-corrected chi connectivity index (χ0v) is 9.79. The quantitative estimate of drug-likeness (QED) is 0.388. The fourth-order valence-corrected chi connectivity index (χ4v) is 2.23. The number of carbonyl (C=O) groups is 1. The molecule has 1 unspecified atom stereocenters. The molecule has 0 aliphatic carbocycles. The molecule has 3 nitrogen and oxygen atoms in total. The minimum absolute atomic E-state index is 0.141. The van der Waals surface area contributed by atoms with E-state index >= 15 is 0 Å². The molecule has 0 saturated heterocycles. The Kier molecular flexibility index (Phi) is 4.94. The molecule has 13 heavy (non-hydrogen) atoms. The Morgan fingerprint density at radius 1 is 1.62 bits per heavy atom. The van der Waals surface area contributed by atoms with Crippen LogP contribution in [0.15, 0.2) is 12.7 Å². The topological polar surface area (TPSA) is 35.5 Å². The number of esters is 1. The number of rotatable bonds is 5. The minimum Gasteiger partial charge on any atom is -0.460 e. The largest absolute Gasteiger partial charge is 0.460 e. The molecule has 0 rings (SSSR count). The second kappa shape index (κ2) is 5.19. The van der Waals surface area contributed by atoms with Crippen molar-refractivity contribution in [2.24, 2.45) is 0 Å². The smallest absolute Gasteiger partial charge is 0.330 e. The summed E-state index contributed by atoms with van der Waals surface area (Å²) in [5, 5.41) is 0. The summed E-state index contributed by atoms with van der Waals surface area (Å²) >= 11 is 0. The maximum atomic E-state index is 10.9. The third-order valence-electron chi connectivity index (χ3n) is 1.95. The fraction of sp³-hybridized carbons (Fsp3) is 0.667. The molecule has 1 atom stereocenters. The van der Waals surface area contributed by atoms with E-state index in [-0.39, 0.29) is 11.7 Å². The highest BCUT2D eigenvalue weighted by atomic mass is 28.4. The maximum Gasteiger partial charge on any atom is 0.330 e. The minimum atomic E-state index is -1.88. The van der Waals surface area contributed by atoms with E-state index in [1.54, 1.807) is 0 Å². The van der Waals surface area contributed by atoms with Crippen molar-refractivity contribution in [2.75, 3.05) is 6.61 Å². The number of carbonyl (C=O) groups excluding carboxylic acids is 1. The Balaban J connectivity index is 4.14. The molecule has 0 aliphatic rings. The zero-order valence-electron chi connectivity index (χ0n) is 8.79. The molecule has 0 spiro atoms. The zero-order chi connectivity index (χ0) is 10.5. The van der Waals surface area contributed by atoms with E-state index in [1.807, 2.05) is 26.9 Å². The average molecular weight is 202 g/mol. The Labute approximate surface area is 80.9 Å². The molecule has 0 fully saturated rings. The molecule has 0 aromatic heterocycles. The van der Waals surface area contributed by atoms with E-state index in [9.17, 15) is 4.79 Å². The Bertz CT molecular complexity index is 189. The van der Waals surface area contributed by atoms with Crippen molar-refractivity contribution < 1.29 is 14.0 Å². The molecule has 0 radical (unpaired) electrons. The first-order chi connectivity index (χ1) is 5.94. The van der Waals surface area contributed by atoms with Crippen LogP contribution in [0.2, 0.25) is 13.1 Å². The van der Waals surface area contributed by atoms with Crippen LogP contribution in [0, 0.1) is 0 Å². The summed E-state index contributed by atoms with van der Waals surface area (Å²) in [5.41, 5.74) is -0.141. The lowest BCUT2D eigenvalue weighted by atomic mass is 10.6. The summed E-state index contributed by atoms with van der Waals surface area (Å²) in [6.07, 6.45) is 1.17. The van der Waals surface area contributed by atoms with Crippen LogP contribution in [0.4, 0.5) is 0 Å². The van der Waals surface area contributed by atoms with E-state index in [2.05, 4.69) is 6.58 Å². The molecule has 0 aromatic rings. The van der Waals surface area contributed by atoms with Gasteiger partial charge in [-0.25, -0.2) is 4.79 Å². The van der Waals surface area contributed by atoms with Crippen LogP contribution in [-0.4, -0.2) is 26.6 Å². The Morgan fingerprint density at radius 2 is 2.15 bits per heavy atom. The normalized spacial score (nSPS) is 13.5. The third-order valence-corrected chi connectivity index (χ3v) is 5.06. The molecule has 0 amide bonds. The van der Waals surface area contributed by atoms with Crippen molar-refractivity contribution in [3.8, 4) is 0 Å². The van der Waals surface area contributed by atoms with Gasteiger partial charge >= 0.3 is 5.97 Å². The van der Waals surface area contributed by atoms with Gasteiger partial charge in [-0.15, -0.1) is 0 Å². The third kappa shape index (κ3) is 4.24. The average Bonchev–Trinajstić information content (AvgIpc) is 2.04. The van der Waals surface area contributed by atoms with Gasteiger partial charge < -0.3 is 9.16 Å². The highest BCUT2D eigenvalue weighted by Gasteiger charge is 2.32. The molecular formula is C9H18O3Si. The second-order valence-corrected chi connectivity index (χ2v) is 7.63. The molecule has 0 aromatic carbocycles. The van der Waals surface area contributed by atoms with Gasteiger partial charge in [0.2, 0.25) is 8.32 Å². The number of hydrogen-bond donors (Lipinski definition) is 0. The standard InChI is InChI=1S/C9H18O3Si/c1-6-9(10)12-8(3)13(4,5)11-7-2/h6,8H,1,7H2,2-5H3. The van der Waals surface area contributed by atoms with Crippen molar-refractivity contribution in [2.45, 2.75) is 32.7 Å². The van der Waals surface area contributed by atoms with Gasteiger partial charge in [-0.3, -0.25) is 0 Å². The summed E-state index contributed by atoms with van der Waals surface area (Å²) in [5.74, 6) is -0.382. The van der Waals surface area contributed by atoms with Crippen molar-refractivity contribution in [1.82, 2.24) is 0 Å². The summed E-state index contributed by atoms with van der Waals surface area (Å²) < 4.78 is 10.7. The molecular weight excluding hydrogens is 184 g/mol. The highest BCUT2D eigenvalue weighted by molar-refractivity contribution is 6.72. The summed E-state index contributed by atoms with van der Waals surface area (Å²) in [4.78, 5) is 10.9. The monoisotopic (exact) mass is 202 g/mol. The Morgan fingerprint density at radius 3 is 2.54 bits per heavy atom. The lowest BCUT2D eigenvalue weighted by Gasteiger charge is -2.28. The van der Waals surface area contributed by atoms with Crippen LogP contribution in [0.1, 0.15) is 13.8 Å². The van der Waals surface area contributed by atoms with Crippen LogP contribution < -0.4 is 0 Å². The predicted octanol–water partition coefficient (Wildman–Crippen LogP) is 1.88. The molecule has 0 aliphatic heterocycles. The van der Waals surface area contributed by atoms with Gasteiger partial charge in [-0.05, 0) is 26.9 Å². The molecule has 0 N–H and O–H groups in total. The summed E-state index contributed by atoms with van der Waals surface area (Å²) in [7, 11) is -1.88. The van der Waals surface area contributed by atoms with Crippen LogP contribution in [0.3, 0.4) is 0 Å². The number of ether oxygens (including phenoxy) is 1. The van der Waals surface area contributed by atoms with Crippen molar-refractivity contribution in [3.05, 3.63) is 12.7 Å². The van der Waals surface area contributed by atoms with E-state index in [0.717, 1.165) is 0 Å². The van der Waals surface area contributed by atoms with Crippen molar-refractivity contribution in [1.29, 1.82) is 0 Å². The lowest BCUT2D eigenvalue weighted by molar-refractivity contribution is -0.139.